The predicted molar refractivity (Wildman–Crippen MR) is 133 cm³/mol. The van der Waals surface area contributed by atoms with E-state index in [9.17, 15) is 40.7 Å². The van der Waals surface area contributed by atoms with Crippen molar-refractivity contribution in [3.05, 3.63) is 69.7 Å². The van der Waals surface area contributed by atoms with E-state index >= 15 is 0 Å². The Hall–Kier alpha value is -3.52. The zero-order valence-electron chi connectivity index (χ0n) is 21.3. The van der Waals surface area contributed by atoms with Gasteiger partial charge in [-0.05, 0) is 54.4 Å². The number of nitrogens with zero attached hydrogens (tertiary/aromatic N) is 3. The number of amides is 3. The number of fused-ring (bicyclic) bond motifs is 1. The van der Waals surface area contributed by atoms with Gasteiger partial charge in [-0.25, -0.2) is 4.79 Å². The molecule has 2 saturated heterocycles. The first kappa shape index (κ1) is 30.4. The molecule has 2 aromatic rings. The van der Waals surface area contributed by atoms with Crippen molar-refractivity contribution in [3.63, 3.8) is 0 Å². The number of halogens is 7. The molecule has 0 radical (unpaired) electrons. The summed E-state index contributed by atoms with van der Waals surface area (Å²) in [4.78, 5) is 43.2. The molecule has 8 nitrogen and oxygen atoms in total. The molecule has 222 valence electrons. The molecule has 0 bridgehead atoms. The summed E-state index contributed by atoms with van der Waals surface area (Å²) >= 11 is 6.06. The molecule has 2 heterocycles. The van der Waals surface area contributed by atoms with Crippen LogP contribution in [0.1, 0.15) is 35.1 Å². The SMILES string of the molecule is NCC[C@H]1C(=O)N(Cc2cccc(Cl)c2)C[C@@H]2N(C(=O)OCc3cc(C(F)(F)F)cc(C(F)(F)F)c3)CCC(=O)N21. The Balaban J connectivity index is 1.57. The summed E-state index contributed by atoms with van der Waals surface area (Å²) in [5.74, 6) is -0.792. The predicted octanol–water partition coefficient (Wildman–Crippen LogP) is 4.63. The monoisotopic (exact) mass is 606 g/mol. The molecule has 4 rings (SSSR count). The van der Waals surface area contributed by atoms with Crippen LogP contribution in [0.3, 0.4) is 0 Å². The van der Waals surface area contributed by atoms with Gasteiger partial charge in [-0.15, -0.1) is 0 Å². The average molecular weight is 607 g/mol. The Morgan fingerprint density at radius 1 is 1.00 bits per heavy atom. The molecule has 0 unspecified atom stereocenters. The third-order valence-corrected chi connectivity index (χ3v) is 7.03. The van der Waals surface area contributed by atoms with Crippen LogP contribution in [-0.2, 0) is 39.8 Å². The van der Waals surface area contributed by atoms with Crippen LogP contribution in [0.4, 0.5) is 31.1 Å². The van der Waals surface area contributed by atoms with Crippen molar-refractivity contribution in [1.29, 1.82) is 0 Å². The lowest BCUT2D eigenvalue weighted by molar-refractivity contribution is -0.168. The van der Waals surface area contributed by atoms with Gasteiger partial charge in [0.1, 0.15) is 18.8 Å². The maximum atomic E-state index is 13.3. The topological polar surface area (TPSA) is 96.2 Å². The summed E-state index contributed by atoms with van der Waals surface area (Å²) in [6.45, 7) is -0.981. The van der Waals surface area contributed by atoms with Crippen LogP contribution in [0.25, 0.3) is 0 Å². The number of piperazine rings is 1. The maximum absolute atomic E-state index is 13.3. The fourth-order valence-corrected chi connectivity index (χ4v) is 5.17. The lowest BCUT2D eigenvalue weighted by atomic mass is 10.0. The minimum atomic E-state index is -5.06. The maximum Gasteiger partial charge on any atom is 0.416 e. The zero-order valence-corrected chi connectivity index (χ0v) is 22.1. The minimum absolute atomic E-state index is 0.0232. The number of carbonyl (C=O) groups excluding carboxylic acids is 3. The number of ether oxygens (including phenoxy) is 1. The third kappa shape index (κ3) is 6.87. The van der Waals surface area contributed by atoms with Crippen molar-refractivity contribution in [3.8, 4) is 0 Å². The molecule has 3 amide bonds. The zero-order chi connectivity index (χ0) is 30.1. The normalized spacial score (nSPS) is 19.9. The second kappa shape index (κ2) is 11.8. The Morgan fingerprint density at radius 3 is 2.24 bits per heavy atom. The molecule has 2 aliphatic rings. The van der Waals surface area contributed by atoms with Crippen molar-refractivity contribution in [2.75, 3.05) is 19.6 Å². The number of carbonyl (C=O) groups is 3. The van der Waals surface area contributed by atoms with Gasteiger partial charge >= 0.3 is 18.4 Å². The Kier molecular flexibility index (Phi) is 8.73. The van der Waals surface area contributed by atoms with Crippen molar-refractivity contribution < 1.29 is 45.5 Å². The van der Waals surface area contributed by atoms with E-state index in [1.165, 1.54) is 9.80 Å². The Labute approximate surface area is 235 Å². The first-order valence-corrected chi connectivity index (χ1v) is 12.8. The van der Waals surface area contributed by atoms with Crippen LogP contribution in [0, 0.1) is 0 Å². The second-order valence-electron chi connectivity index (χ2n) is 9.64. The van der Waals surface area contributed by atoms with E-state index in [2.05, 4.69) is 0 Å². The highest BCUT2D eigenvalue weighted by molar-refractivity contribution is 6.30. The van der Waals surface area contributed by atoms with E-state index in [1.54, 1.807) is 24.3 Å². The van der Waals surface area contributed by atoms with Crippen molar-refractivity contribution in [2.45, 2.75) is 50.6 Å². The number of alkyl halides is 6. The molecule has 41 heavy (non-hydrogen) atoms. The molecular weight excluding hydrogens is 582 g/mol. The molecule has 0 saturated carbocycles. The van der Waals surface area contributed by atoms with Gasteiger partial charge in [0.15, 0.2) is 0 Å². The number of nitrogens with two attached hydrogens (primary N) is 1. The van der Waals surface area contributed by atoms with E-state index in [0.717, 1.165) is 4.90 Å². The number of hydrogen-bond acceptors (Lipinski definition) is 5. The molecule has 0 aromatic heterocycles. The lowest BCUT2D eigenvalue weighted by Gasteiger charge is -2.51. The fraction of sp³-hybridized carbons (Fsp3) is 0.423. The van der Waals surface area contributed by atoms with Gasteiger partial charge in [0, 0.05) is 24.5 Å². The van der Waals surface area contributed by atoms with Crippen LogP contribution < -0.4 is 5.73 Å². The van der Waals surface area contributed by atoms with Crippen molar-refractivity contribution >= 4 is 29.5 Å². The number of rotatable bonds is 6. The van der Waals surface area contributed by atoms with E-state index in [4.69, 9.17) is 22.1 Å². The van der Waals surface area contributed by atoms with Gasteiger partial charge in [0.05, 0.1) is 17.7 Å². The van der Waals surface area contributed by atoms with Crippen LogP contribution in [0.2, 0.25) is 5.02 Å². The van der Waals surface area contributed by atoms with Gasteiger partial charge in [0.2, 0.25) is 11.8 Å². The van der Waals surface area contributed by atoms with Crippen LogP contribution in [-0.4, -0.2) is 64.4 Å². The van der Waals surface area contributed by atoms with E-state index in [-0.39, 0.29) is 51.0 Å². The molecule has 2 atom stereocenters. The Morgan fingerprint density at radius 2 is 1.66 bits per heavy atom. The van der Waals surface area contributed by atoms with E-state index in [0.29, 0.717) is 22.7 Å². The van der Waals surface area contributed by atoms with E-state index < -0.39 is 59.9 Å². The average Bonchev–Trinajstić information content (AvgIpc) is 2.88. The van der Waals surface area contributed by atoms with Crippen LogP contribution in [0.5, 0.6) is 0 Å². The molecule has 2 aromatic carbocycles. The molecule has 0 aliphatic carbocycles. The largest absolute Gasteiger partial charge is 0.444 e. The summed E-state index contributed by atoms with van der Waals surface area (Å²) < 4.78 is 84.5. The van der Waals surface area contributed by atoms with Crippen LogP contribution in [0.15, 0.2) is 42.5 Å². The number of benzene rings is 2. The quantitative estimate of drug-likeness (QED) is 0.484. The minimum Gasteiger partial charge on any atom is -0.444 e. The molecule has 2 aliphatic heterocycles. The van der Waals surface area contributed by atoms with Gasteiger partial charge < -0.3 is 20.3 Å². The van der Waals surface area contributed by atoms with Crippen LogP contribution >= 0.6 is 11.6 Å². The summed E-state index contributed by atoms with van der Waals surface area (Å²) in [7, 11) is 0. The highest BCUT2D eigenvalue weighted by Gasteiger charge is 2.49. The molecule has 2 fully saturated rings. The Bertz CT molecular complexity index is 1290. The van der Waals surface area contributed by atoms with Gasteiger partial charge in [-0.2, -0.15) is 26.3 Å². The van der Waals surface area contributed by atoms with E-state index in [1.807, 2.05) is 0 Å². The van der Waals surface area contributed by atoms with Gasteiger partial charge in [0.25, 0.3) is 0 Å². The molecule has 0 spiro atoms. The fourth-order valence-electron chi connectivity index (χ4n) is 4.96. The first-order chi connectivity index (χ1) is 19.2. The summed E-state index contributed by atoms with van der Waals surface area (Å²) in [5, 5.41) is 0.438. The smallest absolute Gasteiger partial charge is 0.416 e. The second-order valence-corrected chi connectivity index (χ2v) is 10.1. The lowest BCUT2D eigenvalue weighted by Crippen LogP contribution is -2.71. The summed E-state index contributed by atoms with van der Waals surface area (Å²) in [5.41, 5.74) is 2.79. The molecule has 15 heteroatoms. The third-order valence-electron chi connectivity index (χ3n) is 6.80. The summed E-state index contributed by atoms with van der Waals surface area (Å²) in [6, 6.07) is 6.68. The standard InChI is InChI=1S/C26H25ClF6N4O4/c27-19-3-1-2-15(10-19)12-35-13-21-36(7-5-22(38)37(21)20(4-6-34)23(35)39)24(40)41-14-16-8-17(25(28,29)30)11-18(9-16)26(31,32)33/h1-3,8-11,20-21H,4-7,12-14,34H2/t20-,21+/m0/s1. The summed E-state index contributed by atoms with van der Waals surface area (Å²) in [6.07, 6.45) is -12.3. The van der Waals surface area contributed by atoms with Gasteiger partial charge in [-0.3, -0.25) is 14.5 Å². The highest BCUT2D eigenvalue weighted by atomic mass is 35.5. The highest BCUT2D eigenvalue weighted by Crippen LogP contribution is 2.37. The van der Waals surface area contributed by atoms with Crippen molar-refractivity contribution in [1.82, 2.24) is 14.7 Å². The molecule has 2 N–H and O–H groups in total. The molecular formula is C26H25ClF6N4O4. The first-order valence-electron chi connectivity index (χ1n) is 12.4. The van der Waals surface area contributed by atoms with Crippen molar-refractivity contribution in [2.24, 2.45) is 5.73 Å². The number of hydrogen-bond donors (Lipinski definition) is 1. The van der Waals surface area contributed by atoms with Gasteiger partial charge in [-0.1, -0.05) is 23.7 Å².